The number of amides is 2. The SMILES string of the molecule is CCCNC(=O)CSc1nnc(SC(CC)C(N)=O)s1. The van der Waals surface area contributed by atoms with Crippen LogP contribution in [0.5, 0.6) is 0 Å². The van der Waals surface area contributed by atoms with Crippen LogP contribution >= 0.6 is 34.9 Å². The first-order valence-electron chi connectivity index (χ1n) is 6.25. The summed E-state index contributed by atoms with van der Waals surface area (Å²) in [5.41, 5.74) is 5.29. The molecule has 0 aliphatic rings. The average Bonchev–Trinajstić information content (AvgIpc) is 2.87. The van der Waals surface area contributed by atoms with Crippen molar-refractivity contribution in [3.05, 3.63) is 0 Å². The largest absolute Gasteiger partial charge is 0.369 e. The van der Waals surface area contributed by atoms with E-state index in [2.05, 4.69) is 15.5 Å². The minimum Gasteiger partial charge on any atom is -0.369 e. The van der Waals surface area contributed by atoms with Crippen molar-refractivity contribution in [2.24, 2.45) is 5.73 Å². The second kappa shape index (κ2) is 9.19. The Morgan fingerprint density at radius 3 is 2.65 bits per heavy atom. The Morgan fingerprint density at radius 2 is 2.05 bits per heavy atom. The molecule has 2 amide bonds. The highest BCUT2D eigenvalue weighted by molar-refractivity contribution is 8.04. The smallest absolute Gasteiger partial charge is 0.230 e. The summed E-state index contributed by atoms with van der Waals surface area (Å²) in [6.45, 7) is 4.59. The van der Waals surface area contributed by atoms with E-state index < -0.39 is 0 Å². The average molecular weight is 334 g/mol. The molecule has 1 aromatic rings. The van der Waals surface area contributed by atoms with Gasteiger partial charge in [-0.2, -0.15) is 0 Å². The summed E-state index contributed by atoms with van der Waals surface area (Å²) >= 11 is 4.04. The molecular weight excluding hydrogens is 316 g/mol. The summed E-state index contributed by atoms with van der Waals surface area (Å²) in [5.74, 6) is -0.0301. The highest BCUT2D eigenvalue weighted by atomic mass is 32.2. The van der Waals surface area contributed by atoms with Crippen molar-refractivity contribution in [1.82, 2.24) is 15.5 Å². The normalized spacial score (nSPS) is 12.1. The molecule has 1 unspecified atom stereocenters. The van der Waals surface area contributed by atoms with Gasteiger partial charge in [0.15, 0.2) is 8.68 Å². The van der Waals surface area contributed by atoms with Crippen molar-refractivity contribution < 1.29 is 9.59 Å². The molecule has 0 radical (unpaired) electrons. The molecule has 0 aliphatic heterocycles. The standard InChI is InChI=1S/C11H18N4O2S3/c1-3-5-13-8(16)6-18-10-14-15-11(20-10)19-7(4-2)9(12)17/h7H,3-6H2,1-2H3,(H2,12,17)(H,13,16). The second-order valence-electron chi connectivity index (χ2n) is 3.89. The van der Waals surface area contributed by atoms with Gasteiger partial charge in [-0.3, -0.25) is 9.59 Å². The van der Waals surface area contributed by atoms with Crippen LogP contribution in [0.4, 0.5) is 0 Å². The van der Waals surface area contributed by atoms with E-state index in [9.17, 15) is 9.59 Å². The highest BCUT2D eigenvalue weighted by Gasteiger charge is 2.17. The maximum atomic E-state index is 11.5. The number of primary amides is 1. The minimum absolute atomic E-state index is 0.00942. The number of nitrogens with one attached hydrogen (secondary N) is 1. The Labute approximate surface area is 130 Å². The number of carbonyl (C=O) groups is 2. The van der Waals surface area contributed by atoms with E-state index in [1.54, 1.807) is 0 Å². The van der Waals surface area contributed by atoms with Crippen molar-refractivity contribution in [3.8, 4) is 0 Å². The number of hydrogen-bond acceptors (Lipinski definition) is 7. The van der Waals surface area contributed by atoms with Crippen LogP contribution in [-0.2, 0) is 9.59 Å². The third-order valence-electron chi connectivity index (χ3n) is 2.22. The molecule has 0 saturated heterocycles. The minimum atomic E-state index is -0.346. The molecule has 0 saturated carbocycles. The third-order valence-corrected chi connectivity index (χ3v) is 5.74. The predicted molar refractivity (Wildman–Crippen MR) is 83.1 cm³/mol. The van der Waals surface area contributed by atoms with Gasteiger partial charge < -0.3 is 11.1 Å². The number of nitrogens with two attached hydrogens (primary N) is 1. The molecule has 0 aromatic carbocycles. The maximum Gasteiger partial charge on any atom is 0.230 e. The zero-order valence-electron chi connectivity index (χ0n) is 11.4. The van der Waals surface area contributed by atoms with Crippen LogP contribution in [0.3, 0.4) is 0 Å². The lowest BCUT2D eigenvalue weighted by molar-refractivity contribution is -0.119. The lowest BCUT2D eigenvalue weighted by Crippen LogP contribution is -2.25. The molecule has 20 heavy (non-hydrogen) atoms. The molecule has 3 N–H and O–H groups in total. The number of carbonyl (C=O) groups excluding carboxylic acids is 2. The van der Waals surface area contributed by atoms with Gasteiger partial charge in [0.05, 0.1) is 11.0 Å². The summed E-state index contributed by atoms with van der Waals surface area (Å²) in [7, 11) is 0. The van der Waals surface area contributed by atoms with Crippen molar-refractivity contribution in [2.75, 3.05) is 12.3 Å². The van der Waals surface area contributed by atoms with Crippen molar-refractivity contribution >= 4 is 46.7 Å². The second-order valence-corrected chi connectivity index (χ2v) is 7.54. The Kier molecular flexibility index (Phi) is 7.93. The van der Waals surface area contributed by atoms with Gasteiger partial charge in [-0.1, -0.05) is 48.7 Å². The summed E-state index contributed by atoms with van der Waals surface area (Å²) in [4.78, 5) is 22.6. The topological polar surface area (TPSA) is 98.0 Å². The van der Waals surface area contributed by atoms with E-state index in [1.807, 2.05) is 13.8 Å². The first-order valence-corrected chi connectivity index (χ1v) is 8.94. The fourth-order valence-corrected chi connectivity index (χ4v) is 4.18. The summed E-state index contributed by atoms with van der Waals surface area (Å²) in [6, 6.07) is 0. The Hall–Kier alpha value is -0.800. The summed E-state index contributed by atoms with van der Waals surface area (Å²) < 4.78 is 1.42. The summed E-state index contributed by atoms with van der Waals surface area (Å²) in [6.07, 6.45) is 1.57. The number of thioether (sulfide) groups is 2. The van der Waals surface area contributed by atoms with E-state index in [0.29, 0.717) is 23.1 Å². The molecule has 1 rings (SSSR count). The summed E-state index contributed by atoms with van der Waals surface area (Å²) in [5, 5.41) is 10.5. The van der Waals surface area contributed by atoms with Gasteiger partial charge >= 0.3 is 0 Å². The van der Waals surface area contributed by atoms with Crippen molar-refractivity contribution in [3.63, 3.8) is 0 Å². The maximum absolute atomic E-state index is 11.5. The van der Waals surface area contributed by atoms with E-state index in [0.717, 1.165) is 10.8 Å². The van der Waals surface area contributed by atoms with Gasteiger partial charge in [-0.25, -0.2) is 0 Å². The molecule has 1 heterocycles. The number of nitrogens with zero attached hydrogens (tertiary/aromatic N) is 2. The van der Waals surface area contributed by atoms with Crippen LogP contribution in [0.15, 0.2) is 8.68 Å². The molecule has 1 aromatic heterocycles. The molecule has 6 nitrogen and oxygen atoms in total. The van der Waals surface area contributed by atoms with Crippen LogP contribution < -0.4 is 11.1 Å². The number of aromatic nitrogens is 2. The number of hydrogen-bond donors (Lipinski definition) is 2. The van der Waals surface area contributed by atoms with E-state index in [4.69, 9.17) is 5.73 Å². The molecule has 9 heteroatoms. The molecular formula is C11H18N4O2S3. The van der Waals surface area contributed by atoms with Crippen molar-refractivity contribution in [2.45, 2.75) is 40.6 Å². The van der Waals surface area contributed by atoms with Gasteiger partial charge in [0.2, 0.25) is 11.8 Å². The lowest BCUT2D eigenvalue weighted by atomic mass is 10.3. The van der Waals surface area contributed by atoms with E-state index in [1.165, 1.54) is 34.9 Å². The highest BCUT2D eigenvalue weighted by Crippen LogP contribution is 2.31. The first kappa shape index (κ1) is 17.3. The quantitative estimate of drug-likeness (QED) is 0.664. The van der Waals surface area contributed by atoms with E-state index >= 15 is 0 Å². The predicted octanol–water partition coefficient (Wildman–Crippen LogP) is 1.51. The van der Waals surface area contributed by atoms with Gasteiger partial charge in [-0.15, -0.1) is 10.2 Å². The molecule has 0 aliphatic carbocycles. The third kappa shape index (κ3) is 6.10. The van der Waals surface area contributed by atoms with Gasteiger partial charge in [0, 0.05) is 6.54 Å². The Morgan fingerprint density at radius 1 is 1.35 bits per heavy atom. The molecule has 0 fully saturated rings. The molecule has 112 valence electrons. The van der Waals surface area contributed by atoms with Crippen LogP contribution in [0.2, 0.25) is 0 Å². The zero-order chi connectivity index (χ0) is 15.0. The van der Waals surface area contributed by atoms with Crippen LogP contribution in [0, 0.1) is 0 Å². The Balaban J connectivity index is 2.43. The van der Waals surface area contributed by atoms with Crippen molar-refractivity contribution in [1.29, 1.82) is 0 Å². The molecule has 0 bridgehead atoms. The van der Waals surface area contributed by atoms with Gasteiger partial charge in [-0.05, 0) is 12.8 Å². The monoisotopic (exact) mass is 334 g/mol. The fraction of sp³-hybridized carbons (Fsp3) is 0.636. The molecule has 1 atom stereocenters. The van der Waals surface area contributed by atoms with Gasteiger partial charge in [0.25, 0.3) is 0 Å². The zero-order valence-corrected chi connectivity index (χ0v) is 13.9. The van der Waals surface area contributed by atoms with Crippen LogP contribution in [0.1, 0.15) is 26.7 Å². The fourth-order valence-electron chi connectivity index (χ4n) is 1.21. The van der Waals surface area contributed by atoms with Crippen LogP contribution in [0.25, 0.3) is 0 Å². The van der Waals surface area contributed by atoms with E-state index in [-0.39, 0.29) is 17.1 Å². The Bertz CT molecular complexity index is 453. The van der Waals surface area contributed by atoms with Gasteiger partial charge in [0.1, 0.15) is 0 Å². The van der Waals surface area contributed by atoms with Crippen LogP contribution in [-0.4, -0.2) is 39.6 Å². The molecule has 0 spiro atoms. The number of rotatable bonds is 9. The lowest BCUT2D eigenvalue weighted by Gasteiger charge is -2.06. The first-order chi connectivity index (χ1) is 9.56.